The summed E-state index contributed by atoms with van der Waals surface area (Å²) in [6.45, 7) is 4.17. The van der Waals surface area contributed by atoms with Crippen LogP contribution in [0, 0.1) is 0 Å². The van der Waals surface area contributed by atoms with Gasteiger partial charge in [0.1, 0.15) is 5.60 Å². The third-order valence-electron chi connectivity index (χ3n) is 5.85. The summed E-state index contributed by atoms with van der Waals surface area (Å²) in [6.07, 6.45) is 7.00. The molecule has 0 atom stereocenters. The number of carbonyl (C=O) groups is 2. The number of rotatable bonds is 7. The maximum atomic E-state index is 13.6. The predicted molar refractivity (Wildman–Crippen MR) is 146 cm³/mol. The van der Waals surface area contributed by atoms with Crippen molar-refractivity contribution in [3.05, 3.63) is 95.6 Å². The van der Waals surface area contributed by atoms with Crippen molar-refractivity contribution in [2.45, 2.75) is 26.0 Å². The van der Waals surface area contributed by atoms with E-state index in [2.05, 4.69) is 10.1 Å². The number of carbonyl (C=O) groups excluding carboxylic acids is 2. The van der Waals surface area contributed by atoms with Gasteiger partial charge in [0.15, 0.2) is 11.5 Å². The van der Waals surface area contributed by atoms with Gasteiger partial charge in [-0.1, -0.05) is 48.5 Å². The summed E-state index contributed by atoms with van der Waals surface area (Å²) in [5.74, 6) is 0.764. The van der Waals surface area contributed by atoms with Gasteiger partial charge in [-0.2, -0.15) is 0 Å². The van der Waals surface area contributed by atoms with Gasteiger partial charge in [-0.25, -0.2) is 9.59 Å². The quantitative estimate of drug-likeness (QED) is 0.305. The minimum Gasteiger partial charge on any atom is -0.492 e. The van der Waals surface area contributed by atoms with Crippen molar-refractivity contribution in [1.82, 2.24) is 0 Å². The smallest absolute Gasteiger partial charge is 0.330 e. The van der Waals surface area contributed by atoms with Gasteiger partial charge in [0.05, 0.1) is 20.8 Å². The van der Waals surface area contributed by atoms with Gasteiger partial charge in [-0.05, 0) is 55.8 Å². The second-order valence-corrected chi connectivity index (χ2v) is 9.05. The summed E-state index contributed by atoms with van der Waals surface area (Å²) in [7, 11) is 2.92. The predicted octanol–water partition coefficient (Wildman–Crippen LogP) is 6.30. The molecule has 0 aromatic heterocycles. The Balaban J connectivity index is 1.72. The van der Waals surface area contributed by atoms with E-state index in [-0.39, 0.29) is 12.6 Å². The van der Waals surface area contributed by atoms with E-state index in [1.165, 1.54) is 13.2 Å². The van der Waals surface area contributed by atoms with Crippen LogP contribution in [0.3, 0.4) is 0 Å². The van der Waals surface area contributed by atoms with E-state index in [9.17, 15) is 9.59 Å². The Hall–Kier alpha value is -4.52. The normalized spacial score (nSPS) is 13.4. The fraction of sp³-hybridized carbons (Fsp3) is 0.200. The summed E-state index contributed by atoms with van der Waals surface area (Å²) >= 11 is 0. The number of amides is 2. The number of esters is 1. The van der Waals surface area contributed by atoms with Crippen molar-refractivity contribution in [3.8, 4) is 11.5 Å². The maximum absolute atomic E-state index is 13.6. The van der Waals surface area contributed by atoms with E-state index in [0.29, 0.717) is 22.9 Å². The lowest BCUT2D eigenvalue weighted by Crippen LogP contribution is -2.35. The highest BCUT2D eigenvalue weighted by molar-refractivity contribution is 6.02. The SMILES string of the molecule is COC(=O)/C=C/c1cccc(N(Cc2ccc3c(c2OC)OC(C)(C)C=C3)C(=O)Nc2ccccc2)c1. The number of anilines is 2. The minimum atomic E-state index is -0.483. The monoisotopic (exact) mass is 498 g/mol. The van der Waals surface area contributed by atoms with E-state index in [1.807, 2.05) is 92.7 Å². The molecule has 0 aliphatic carbocycles. The Morgan fingerprint density at radius 1 is 1.03 bits per heavy atom. The maximum Gasteiger partial charge on any atom is 0.330 e. The lowest BCUT2D eigenvalue weighted by Gasteiger charge is -2.31. The number of ether oxygens (including phenoxy) is 3. The van der Waals surface area contributed by atoms with Crippen LogP contribution >= 0.6 is 0 Å². The third-order valence-corrected chi connectivity index (χ3v) is 5.85. The Morgan fingerprint density at radius 2 is 1.81 bits per heavy atom. The molecule has 3 aromatic carbocycles. The number of fused-ring (bicyclic) bond motifs is 1. The van der Waals surface area contributed by atoms with Crippen LogP contribution in [-0.4, -0.2) is 31.8 Å². The summed E-state index contributed by atoms with van der Waals surface area (Å²) < 4.78 is 16.7. The largest absolute Gasteiger partial charge is 0.492 e. The zero-order chi connectivity index (χ0) is 26.4. The van der Waals surface area contributed by atoms with E-state index < -0.39 is 11.6 Å². The number of hydrogen-bond acceptors (Lipinski definition) is 5. The molecule has 190 valence electrons. The summed E-state index contributed by atoms with van der Waals surface area (Å²) in [5.41, 5.74) is 3.27. The molecule has 37 heavy (non-hydrogen) atoms. The summed E-state index contributed by atoms with van der Waals surface area (Å²) in [6, 6.07) is 20.2. The first kappa shape index (κ1) is 25.6. The zero-order valence-corrected chi connectivity index (χ0v) is 21.4. The second-order valence-electron chi connectivity index (χ2n) is 9.05. The first-order chi connectivity index (χ1) is 17.8. The molecule has 0 unspecified atom stereocenters. The molecule has 0 fully saturated rings. The topological polar surface area (TPSA) is 77.1 Å². The van der Waals surface area contributed by atoms with Crippen molar-refractivity contribution < 1.29 is 23.8 Å². The first-order valence-corrected chi connectivity index (χ1v) is 11.9. The van der Waals surface area contributed by atoms with Crippen LogP contribution in [-0.2, 0) is 16.1 Å². The van der Waals surface area contributed by atoms with E-state index in [1.54, 1.807) is 18.1 Å². The molecule has 0 saturated heterocycles. The van der Waals surface area contributed by atoms with Crippen LogP contribution < -0.4 is 19.7 Å². The first-order valence-electron chi connectivity index (χ1n) is 11.9. The fourth-order valence-electron chi connectivity index (χ4n) is 3.98. The molecule has 0 saturated carbocycles. The van der Waals surface area contributed by atoms with E-state index in [4.69, 9.17) is 9.47 Å². The van der Waals surface area contributed by atoms with Crippen LogP contribution in [0.4, 0.5) is 16.2 Å². The molecule has 1 aliphatic rings. The molecule has 1 N–H and O–H groups in total. The van der Waals surface area contributed by atoms with Crippen LogP contribution in [0.2, 0.25) is 0 Å². The molecule has 0 spiro atoms. The second kappa shape index (κ2) is 11.0. The fourth-order valence-corrected chi connectivity index (χ4v) is 3.98. The Kier molecular flexibility index (Phi) is 7.63. The van der Waals surface area contributed by atoms with Crippen LogP contribution in [0.1, 0.15) is 30.5 Å². The van der Waals surface area contributed by atoms with E-state index >= 15 is 0 Å². The average molecular weight is 499 g/mol. The Labute approximate surface area is 217 Å². The van der Waals surface area contributed by atoms with E-state index in [0.717, 1.165) is 16.7 Å². The van der Waals surface area contributed by atoms with Crippen molar-refractivity contribution in [2.24, 2.45) is 0 Å². The number of benzene rings is 3. The van der Waals surface area contributed by atoms with Crippen molar-refractivity contribution in [2.75, 3.05) is 24.4 Å². The summed E-state index contributed by atoms with van der Waals surface area (Å²) in [4.78, 5) is 26.8. The highest BCUT2D eigenvalue weighted by atomic mass is 16.5. The molecule has 0 radical (unpaired) electrons. The highest BCUT2D eigenvalue weighted by Crippen LogP contribution is 2.42. The van der Waals surface area contributed by atoms with Crippen LogP contribution in [0.25, 0.3) is 12.2 Å². The number of methoxy groups -OCH3 is 2. The Bertz CT molecular complexity index is 1350. The van der Waals surface area contributed by atoms with Crippen molar-refractivity contribution in [3.63, 3.8) is 0 Å². The summed E-state index contributed by atoms with van der Waals surface area (Å²) in [5, 5.41) is 2.96. The van der Waals surface area contributed by atoms with Crippen LogP contribution in [0.15, 0.2) is 78.9 Å². The van der Waals surface area contributed by atoms with Gasteiger partial charge in [0.2, 0.25) is 0 Å². The molecule has 4 rings (SSSR count). The molecule has 1 aliphatic heterocycles. The molecule has 7 heteroatoms. The van der Waals surface area contributed by atoms with Crippen LogP contribution in [0.5, 0.6) is 11.5 Å². The number of para-hydroxylation sites is 1. The highest BCUT2D eigenvalue weighted by Gasteiger charge is 2.27. The lowest BCUT2D eigenvalue weighted by atomic mass is 10.00. The molecular weight excluding hydrogens is 468 g/mol. The molecule has 3 aromatic rings. The number of nitrogens with zero attached hydrogens (tertiary/aromatic N) is 1. The molecule has 0 bridgehead atoms. The Morgan fingerprint density at radius 3 is 2.54 bits per heavy atom. The number of urea groups is 1. The zero-order valence-electron chi connectivity index (χ0n) is 21.4. The van der Waals surface area contributed by atoms with Gasteiger partial charge < -0.3 is 19.5 Å². The average Bonchev–Trinajstić information content (AvgIpc) is 2.90. The van der Waals surface area contributed by atoms with Gasteiger partial charge in [0.25, 0.3) is 0 Å². The molecular formula is C30H30N2O5. The lowest BCUT2D eigenvalue weighted by molar-refractivity contribution is -0.134. The van der Waals surface area contributed by atoms with Gasteiger partial charge in [-0.3, -0.25) is 4.90 Å². The van der Waals surface area contributed by atoms with Gasteiger partial charge in [0, 0.05) is 28.6 Å². The minimum absolute atomic E-state index is 0.215. The molecule has 1 heterocycles. The standard InChI is InChI=1S/C30H30N2O5/c1-30(2)18-17-22-14-15-23(27(36-4)28(22)37-30)20-32(29(34)31-24-10-6-5-7-11-24)25-12-8-9-21(19-25)13-16-26(33)35-3/h5-19H,20H2,1-4H3,(H,31,34)/b16-13+. The molecule has 2 amide bonds. The van der Waals surface area contributed by atoms with Crippen molar-refractivity contribution in [1.29, 1.82) is 0 Å². The molecule has 7 nitrogen and oxygen atoms in total. The van der Waals surface area contributed by atoms with Gasteiger partial charge >= 0.3 is 12.0 Å². The number of nitrogens with one attached hydrogen (secondary N) is 1. The van der Waals surface area contributed by atoms with Crippen molar-refractivity contribution >= 4 is 35.5 Å². The van der Waals surface area contributed by atoms with Gasteiger partial charge in [-0.15, -0.1) is 0 Å². The number of hydrogen-bond donors (Lipinski definition) is 1. The third kappa shape index (κ3) is 6.19.